The van der Waals surface area contributed by atoms with Crippen LogP contribution in [0.3, 0.4) is 0 Å². The Labute approximate surface area is 103 Å². The molecule has 0 aromatic carbocycles. The molecule has 1 aliphatic rings. The van der Waals surface area contributed by atoms with Gasteiger partial charge in [0.1, 0.15) is 0 Å². The van der Waals surface area contributed by atoms with Crippen LogP contribution in [0.4, 0.5) is 11.5 Å². The Morgan fingerprint density at radius 3 is 2.94 bits per heavy atom. The third kappa shape index (κ3) is 3.09. The number of aromatic nitrogens is 1. The van der Waals surface area contributed by atoms with E-state index < -0.39 is 0 Å². The number of hydrogen-bond donors (Lipinski definition) is 2. The molecule has 0 spiro atoms. The molecule has 1 aromatic rings. The molecule has 17 heavy (non-hydrogen) atoms. The predicted molar refractivity (Wildman–Crippen MR) is 72.7 cm³/mol. The highest BCUT2D eigenvalue weighted by atomic mass is 15.2. The van der Waals surface area contributed by atoms with Crippen LogP contribution in [0.5, 0.6) is 0 Å². The Kier molecular flexibility index (Phi) is 4.20. The number of hydrogen-bond acceptors (Lipinski definition) is 4. The molecule has 1 aromatic heterocycles. The van der Waals surface area contributed by atoms with Crippen LogP contribution in [0.2, 0.25) is 0 Å². The van der Waals surface area contributed by atoms with Crippen molar-refractivity contribution >= 4 is 11.5 Å². The third-order valence-electron chi connectivity index (χ3n) is 3.22. The minimum absolute atomic E-state index is 0.487. The molecule has 94 valence electrons. The molecule has 4 nitrogen and oxygen atoms in total. The van der Waals surface area contributed by atoms with Crippen LogP contribution >= 0.6 is 0 Å². The van der Waals surface area contributed by atoms with Crippen molar-refractivity contribution in [1.82, 2.24) is 10.3 Å². The normalized spacial score (nSPS) is 17.9. The van der Waals surface area contributed by atoms with Crippen molar-refractivity contribution < 1.29 is 0 Å². The van der Waals surface area contributed by atoms with E-state index in [0.29, 0.717) is 6.04 Å². The lowest BCUT2D eigenvalue weighted by molar-refractivity contribution is 0.585. The van der Waals surface area contributed by atoms with E-state index in [1.54, 1.807) is 0 Å². The van der Waals surface area contributed by atoms with E-state index in [9.17, 15) is 0 Å². The SMILES string of the molecule is CCC(C)Nc1cccnc1N1CCNCC1. The fraction of sp³-hybridized carbons (Fsp3) is 0.615. The summed E-state index contributed by atoms with van der Waals surface area (Å²) in [4.78, 5) is 6.87. The van der Waals surface area contributed by atoms with Crippen molar-refractivity contribution in [2.24, 2.45) is 0 Å². The second-order valence-corrected chi connectivity index (χ2v) is 4.57. The molecule has 4 heteroatoms. The minimum atomic E-state index is 0.487. The van der Waals surface area contributed by atoms with Crippen LogP contribution < -0.4 is 15.5 Å². The molecule has 0 bridgehead atoms. The lowest BCUT2D eigenvalue weighted by Crippen LogP contribution is -2.44. The van der Waals surface area contributed by atoms with E-state index in [0.717, 1.165) is 44.1 Å². The summed E-state index contributed by atoms with van der Waals surface area (Å²) in [5, 5.41) is 6.90. The molecule has 0 aliphatic carbocycles. The summed E-state index contributed by atoms with van der Waals surface area (Å²) in [5.41, 5.74) is 1.16. The van der Waals surface area contributed by atoms with Gasteiger partial charge in [0.05, 0.1) is 5.69 Å². The topological polar surface area (TPSA) is 40.2 Å². The lowest BCUT2D eigenvalue weighted by Gasteiger charge is -2.30. The zero-order chi connectivity index (χ0) is 12.1. The molecule has 0 amide bonds. The van der Waals surface area contributed by atoms with Gasteiger partial charge in [-0.25, -0.2) is 4.98 Å². The molecule has 1 aliphatic heterocycles. The molecule has 0 saturated carbocycles. The van der Waals surface area contributed by atoms with E-state index >= 15 is 0 Å². The molecule has 1 unspecified atom stereocenters. The summed E-state index contributed by atoms with van der Waals surface area (Å²) in [5.74, 6) is 1.09. The number of pyridine rings is 1. The van der Waals surface area contributed by atoms with Crippen molar-refractivity contribution in [1.29, 1.82) is 0 Å². The molecular weight excluding hydrogens is 212 g/mol. The first-order valence-corrected chi connectivity index (χ1v) is 6.48. The van der Waals surface area contributed by atoms with Crippen LogP contribution in [0.25, 0.3) is 0 Å². The first-order valence-electron chi connectivity index (χ1n) is 6.48. The van der Waals surface area contributed by atoms with Gasteiger partial charge in [0.15, 0.2) is 5.82 Å². The highest BCUT2D eigenvalue weighted by Gasteiger charge is 2.15. The average Bonchev–Trinajstić information content (AvgIpc) is 2.40. The Morgan fingerprint density at radius 2 is 2.24 bits per heavy atom. The van der Waals surface area contributed by atoms with Crippen LogP contribution in [0.15, 0.2) is 18.3 Å². The monoisotopic (exact) mass is 234 g/mol. The maximum absolute atomic E-state index is 4.53. The number of nitrogens with one attached hydrogen (secondary N) is 2. The summed E-state index contributed by atoms with van der Waals surface area (Å²) in [7, 11) is 0. The highest BCUT2D eigenvalue weighted by Crippen LogP contribution is 2.23. The summed E-state index contributed by atoms with van der Waals surface area (Å²) in [6.45, 7) is 8.55. The smallest absolute Gasteiger partial charge is 0.152 e. The Balaban J connectivity index is 2.14. The summed E-state index contributed by atoms with van der Waals surface area (Å²) in [6, 6.07) is 4.60. The van der Waals surface area contributed by atoms with Gasteiger partial charge in [-0.05, 0) is 25.5 Å². The highest BCUT2D eigenvalue weighted by molar-refractivity contribution is 5.65. The van der Waals surface area contributed by atoms with Crippen molar-refractivity contribution in [3.63, 3.8) is 0 Å². The fourth-order valence-corrected chi connectivity index (χ4v) is 2.01. The van der Waals surface area contributed by atoms with Gasteiger partial charge in [-0.2, -0.15) is 0 Å². The number of anilines is 2. The maximum atomic E-state index is 4.53. The zero-order valence-electron chi connectivity index (χ0n) is 10.7. The van der Waals surface area contributed by atoms with Crippen LogP contribution in [0.1, 0.15) is 20.3 Å². The largest absolute Gasteiger partial charge is 0.380 e. The first-order chi connectivity index (χ1) is 8.31. The van der Waals surface area contributed by atoms with Gasteiger partial charge in [0.25, 0.3) is 0 Å². The van der Waals surface area contributed by atoms with Gasteiger partial charge in [-0.3, -0.25) is 0 Å². The second kappa shape index (κ2) is 5.87. The minimum Gasteiger partial charge on any atom is -0.380 e. The van der Waals surface area contributed by atoms with Gasteiger partial charge >= 0.3 is 0 Å². The van der Waals surface area contributed by atoms with E-state index in [2.05, 4.69) is 40.4 Å². The average molecular weight is 234 g/mol. The van der Waals surface area contributed by atoms with Crippen LogP contribution in [-0.4, -0.2) is 37.2 Å². The first kappa shape index (κ1) is 12.2. The van der Waals surface area contributed by atoms with Gasteiger partial charge in [0, 0.05) is 38.4 Å². The van der Waals surface area contributed by atoms with E-state index in [1.807, 2.05) is 12.3 Å². The predicted octanol–water partition coefficient (Wildman–Crippen LogP) is 1.70. The van der Waals surface area contributed by atoms with Gasteiger partial charge < -0.3 is 15.5 Å². The Hall–Kier alpha value is -1.29. The van der Waals surface area contributed by atoms with Crippen molar-refractivity contribution in [3.8, 4) is 0 Å². The van der Waals surface area contributed by atoms with Crippen LogP contribution in [-0.2, 0) is 0 Å². The summed E-state index contributed by atoms with van der Waals surface area (Å²) >= 11 is 0. The van der Waals surface area contributed by atoms with E-state index in [1.165, 1.54) is 0 Å². The molecule has 2 N–H and O–H groups in total. The number of nitrogens with zero attached hydrogens (tertiary/aromatic N) is 2. The van der Waals surface area contributed by atoms with E-state index in [4.69, 9.17) is 0 Å². The summed E-state index contributed by atoms with van der Waals surface area (Å²) < 4.78 is 0. The summed E-state index contributed by atoms with van der Waals surface area (Å²) in [6.07, 6.45) is 3.00. The van der Waals surface area contributed by atoms with Crippen molar-refractivity contribution in [2.75, 3.05) is 36.4 Å². The molecule has 2 heterocycles. The van der Waals surface area contributed by atoms with Crippen molar-refractivity contribution in [3.05, 3.63) is 18.3 Å². The second-order valence-electron chi connectivity index (χ2n) is 4.57. The number of rotatable bonds is 4. The third-order valence-corrected chi connectivity index (χ3v) is 3.22. The standard InChI is InChI=1S/C13H22N4/c1-3-11(2)16-12-5-4-6-15-13(12)17-9-7-14-8-10-17/h4-6,11,14,16H,3,7-10H2,1-2H3. The van der Waals surface area contributed by atoms with E-state index in [-0.39, 0.29) is 0 Å². The lowest BCUT2D eigenvalue weighted by atomic mass is 10.2. The van der Waals surface area contributed by atoms with Gasteiger partial charge in [-0.1, -0.05) is 6.92 Å². The zero-order valence-corrected chi connectivity index (χ0v) is 10.7. The van der Waals surface area contributed by atoms with Crippen molar-refractivity contribution in [2.45, 2.75) is 26.3 Å². The molecule has 0 radical (unpaired) electrons. The van der Waals surface area contributed by atoms with Gasteiger partial charge in [0.2, 0.25) is 0 Å². The fourth-order valence-electron chi connectivity index (χ4n) is 2.01. The quantitative estimate of drug-likeness (QED) is 0.832. The Morgan fingerprint density at radius 1 is 1.47 bits per heavy atom. The molecule has 1 saturated heterocycles. The molecule has 1 fully saturated rings. The van der Waals surface area contributed by atoms with Crippen LogP contribution in [0, 0.1) is 0 Å². The molecule has 1 atom stereocenters. The van der Waals surface area contributed by atoms with Gasteiger partial charge in [-0.15, -0.1) is 0 Å². The Bertz CT molecular complexity index is 347. The molecule has 2 rings (SSSR count). The molecular formula is C13H22N4. The maximum Gasteiger partial charge on any atom is 0.152 e. The number of piperazine rings is 1.